The molecule has 0 atom stereocenters. The Morgan fingerprint density at radius 1 is 1.11 bits per heavy atom. The first kappa shape index (κ1) is 12.4. The largest absolute Gasteiger partial charge is 0.330 e. The minimum Gasteiger partial charge on any atom is -0.330 e. The predicted octanol–water partition coefficient (Wildman–Crippen LogP) is 3.80. The van der Waals surface area contributed by atoms with Crippen LogP contribution in [0.15, 0.2) is 40.2 Å². The van der Waals surface area contributed by atoms with Crippen LogP contribution >= 0.6 is 27.3 Å². The zero-order chi connectivity index (χ0) is 12.6. The van der Waals surface area contributed by atoms with Crippen LogP contribution < -0.4 is 5.73 Å². The molecule has 2 N–H and O–H groups in total. The molecule has 0 bridgehead atoms. The van der Waals surface area contributed by atoms with Gasteiger partial charge in [-0.25, -0.2) is 0 Å². The Hall–Kier alpha value is -0.640. The molecule has 0 radical (unpaired) electrons. The van der Waals surface area contributed by atoms with Gasteiger partial charge < -0.3 is 5.73 Å². The van der Waals surface area contributed by atoms with Crippen molar-refractivity contribution < 1.29 is 0 Å². The molecule has 0 unspecified atom stereocenters. The SMILES string of the molecule is NCC1(Cc2ccc(Br)s2)Cc2ccccc2C1. The monoisotopic (exact) mass is 321 g/mol. The first-order chi connectivity index (χ1) is 8.71. The lowest BCUT2D eigenvalue weighted by molar-refractivity contribution is 0.317. The van der Waals surface area contributed by atoms with E-state index in [-0.39, 0.29) is 5.41 Å². The molecule has 1 aromatic carbocycles. The maximum Gasteiger partial charge on any atom is 0.0701 e. The van der Waals surface area contributed by atoms with Crippen LogP contribution in [0.2, 0.25) is 0 Å². The van der Waals surface area contributed by atoms with Crippen LogP contribution in [-0.4, -0.2) is 6.54 Å². The lowest BCUT2D eigenvalue weighted by Crippen LogP contribution is -2.33. The molecule has 3 rings (SSSR count). The summed E-state index contributed by atoms with van der Waals surface area (Å²) in [6.45, 7) is 0.761. The second-order valence-electron chi connectivity index (χ2n) is 5.21. The number of hydrogen-bond donors (Lipinski definition) is 1. The highest BCUT2D eigenvalue weighted by molar-refractivity contribution is 9.11. The summed E-state index contributed by atoms with van der Waals surface area (Å²) < 4.78 is 1.21. The molecule has 1 aromatic heterocycles. The van der Waals surface area contributed by atoms with E-state index in [1.165, 1.54) is 19.8 Å². The Kier molecular flexibility index (Phi) is 3.31. The van der Waals surface area contributed by atoms with Gasteiger partial charge in [-0.05, 0) is 70.4 Å². The molecule has 0 fully saturated rings. The molecule has 94 valence electrons. The molecule has 2 aromatic rings. The van der Waals surface area contributed by atoms with Gasteiger partial charge in [0, 0.05) is 4.88 Å². The van der Waals surface area contributed by atoms with Crippen molar-refractivity contribution in [2.75, 3.05) is 6.54 Å². The van der Waals surface area contributed by atoms with E-state index >= 15 is 0 Å². The molecule has 1 heterocycles. The van der Waals surface area contributed by atoms with Crippen molar-refractivity contribution in [2.45, 2.75) is 19.3 Å². The first-order valence-electron chi connectivity index (χ1n) is 6.22. The van der Waals surface area contributed by atoms with Crippen molar-refractivity contribution in [3.8, 4) is 0 Å². The maximum atomic E-state index is 6.10. The van der Waals surface area contributed by atoms with E-state index in [9.17, 15) is 0 Å². The fourth-order valence-corrected chi connectivity index (χ4v) is 4.59. The number of benzene rings is 1. The van der Waals surface area contributed by atoms with E-state index in [0.29, 0.717) is 0 Å². The normalized spacial score (nSPS) is 16.8. The van der Waals surface area contributed by atoms with Crippen LogP contribution in [0.4, 0.5) is 0 Å². The molecule has 0 saturated carbocycles. The Labute approximate surface area is 120 Å². The van der Waals surface area contributed by atoms with Gasteiger partial charge in [-0.3, -0.25) is 0 Å². The van der Waals surface area contributed by atoms with Crippen molar-refractivity contribution in [2.24, 2.45) is 11.1 Å². The van der Waals surface area contributed by atoms with Gasteiger partial charge in [0.25, 0.3) is 0 Å². The standard InChI is InChI=1S/C15H16BrNS/c16-14-6-5-13(18-14)9-15(10-17)7-11-3-1-2-4-12(11)8-15/h1-6H,7-10,17H2. The maximum absolute atomic E-state index is 6.10. The quantitative estimate of drug-likeness (QED) is 0.914. The Morgan fingerprint density at radius 2 is 1.78 bits per heavy atom. The van der Waals surface area contributed by atoms with Gasteiger partial charge in [0.1, 0.15) is 0 Å². The van der Waals surface area contributed by atoms with Crippen LogP contribution in [0.3, 0.4) is 0 Å². The molecule has 0 spiro atoms. The van der Waals surface area contributed by atoms with E-state index in [4.69, 9.17) is 5.73 Å². The van der Waals surface area contributed by atoms with Gasteiger partial charge in [0.2, 0.25) is 0 Å². The van der Waals surface area contributed by atoms with E-state index in [1.54, 1.807) is 0 Å². The minimum atomic E-state index is 0.230. The number of rotatable bonds is 3. The average Bonchev–Trinajstić information content (AvgIpc) is 2.93. The topological polar surface area (TPSA) is 26.0 Å². The molecule has 3 heteroatoms. The minimum absolute atomic E-state index is 0.230. The van der Waals surface area contributed by atoms with Crippen molar-refractivity contribution in [1.82, 2.24) is 0 Å². The van der Waals surface area contributed by atoms with Gasteiger partial charge in [0.05, 0.1) is 3.79 Å². The van der Waals surface area contributed by atoms with Gasteiger partial charge in [-0.2, -0.15) is 0 Å². The first-order valence-corrected chi connectivity index (χ1v) is 7.83. The van der Waals surface area contributed by atoms with E-state index in [0.717, 1.165) is 25.8 Å². The molecule has 0 aliphatic heterocycles. The van der Waals surface area contributed by atoms with Gasteiger partial charge in [-0.1, -0.05) is 24.3 Å². The molecule has 1 aliphatic rings. The second kappa shape index (κ2) is 4.80. The van der Waals surface area contributed by atoms with Crippen LogP contribution in [0.25, 0.3) is 0 Å². The highest BCUT2D eigenvalue weighted by Crippen LogP contribution is 2.40. The number of halogens is 1. The van der Waals surface area contributed by atoms with Crippen molar-refractivity contribution in [3.05, 3.63) is 56.2 Å². The molecular formula is C15H16BrNS. The zero-order valence-electron chi connectivity index (χ0n) is 10.2. The highest BCUT2D eigenvalue weighted by atomic mass is 79.9. The van der Waals surface area contributed by atoms with Crippen molar-refractivity contribution in [1.29, 1.82) is 0 Å². The average molecular weight is 322 g/mol. The molecule has 0 amide bonds. The summed E-state index contributed by atoms with van der Waals surface area (Å²) in [6, 6.07) is 13.1. The Balaban J connectivity index is 1.86. The highest BCUT2D eigenvalue weighted by Gasteiger charge is 2.36. The second-order valence-corrected chi connectivity index (χ2v) is 7.76. The zero-order valence-corrected chi connectivity index (χ0v) is 12.6. The molecule has 0 saturated heterocycles. The van der Waals surface area contributed by atoms with E-state index < -0.39 is 0 Å². The lowest BCUT2D eigenvalue weighted by atomic mass is 9.81. The number of thiophene rings is 1. The molecule has 1 aliphatic carbocycles. The summed E-state index contributed by atoms with van der Waals surface area (Å²) in [4.78, 5) is 1.43. The summed E-state index contributed by atoms with van der Waals surface area (Å²) >= 11 is 5.36. The molecule has 18 heavy (non-hydrogen) atoms. The molecular weight excluding hydrogens is 306 g/mol. The van der Waals surface area contributed by atoms with Crippen molar-refractivity contribution >= 4 is 27.3 Å². The van der Waals surface area contributed by atoms with Crippen LogP contribution in [0, 0.1) is 5.41 Å². The van der Waals surface area contributed by atoms with Crippen LogP contribution in [-0.2, 0) is 19.3 Å². The number of hydrogen-bond acceptors (Lipinski definition) is 2. The Bertz CT molecular complexity index is 536. The summed E-state index contributed by atoms with van der Waals surface area (Å²) in [5.41, 5.74) is 9.30. The van der Waals surface area contributed by atoms with Crippen molar-refractivity contribution in [3.63, 3.8) is 0 Å². The lowest BCUT2D eigenvalue weighted by Gasteiger charge is -2.26. The van der Waals surface area contributed by atoms with Crippen LogP contribution in [0.1, 0.15) is 16.0 Å². The number of fused-ring (bicyclic) bond motifs is 1. The third-order valence-corrected chi connectivity index (χ3v) is 5.48. The van der Waals surface area contributed by atoms with E-state index in [1.807, 2.05) is 11.3 Å². The fraction of sp³-hybridized carbons (Fsp3) is 0.333. The third-order valence-electron chi connectivity index (χ3n) is 3.86. The predicted molar refractivity (Wildman–Crippen MR) is 81.1 cm³/mol. The van der Waals surface area contributed by atoms with Crippen LogP contribution in [0.5, 0.6) is 0 Å². The Morgan fingerprint density at radius 3 is 2.28 bits per heavy atom. The summed E-state index contributed by atoms with van der Waals surface area (Å²) in [6.07, 6.45) is 3.33. The summed E-state index contributed by atoms with van der Waals surface area (Å²) in [5, 5.41) is 0. The van der Waals surface area contributed by atoms with Gasteiger partial charge in [0.15, 0.2) is 0 Å². The van der Waals surface area contributed by atoms with Gasteiger partial charge >= 0.3 is 0 Å². The summed E-state index contributed by atoms with van der Waals surface area (Å²) in [7, 11) is 0. The molecule has 1 nitrogen and oxygen atoms in total. The van der Waals surface area contributed by atoms with Gasteiger partial charge in [-0.15, -0.1) is 11.3 Å². The smallest absolute Gasteiger partial charge is 0.0701 e. The summed E-state index contributed by atoms with van der Waals surface area (Å²) in [5.74, 6) is 0. The fourth-order valence-electron chi connectivity index (χ4n) is 2.93. The third kappa shape index (κ3) is 2.27. The number of nitrogens with two attached hydrogens (primary N) is 1. The van der Waals surface area contributed by atoms with E-state index in [2.05, 4.69) is 52.3 Å².